The number of amides is 1. The largest absolute Gasteiger partial charge is 0.510 e. The molecule has 40 heavy (non-hydrogen) atoms. The summed E-state index contributed by atoms with van der Waals surface area (Å²) in [5.41, 5.74) is 2.51. The van der Waals surface area contributed by atoms with Crippen LogP contribution in [0.3, 0.4) is 0 Å². The van der Waals surface area contributed by atoms with Crippen LogP contribution in [-0.2, 0) is 16.0 Å². The van der Waals surface area contributed by atoms with Gasteiger partial charge >= 0.3 is 0 Å². The Kier molecular flexibility index (Phi) is 6.51. The van der Waals surface area contributed by atoms with Crippen LogP contribution in [0.15, 0.2) is 65.1 Å². The number of carbonyl (C=O) groups is 4. The molecule has 0 heterocycles. The first-order valence-corrected chi connectivity index (χ1v) is 12.7. The number of hydrogen-bond donors (Lipinski definition) is 6. The SMILES string of the molecule is CN(C)[C@H]1C(O)=C(C(N)=O)C(=O)[C@@]2(O)C(O)=C3C(=O)c4c(O)ccc(C(=O)CNc5ccccc5)c4C[C@H]3C[C@@H]12. The van der Waals surface area contributed by atoms with Crippen LogP contribution in [0.1, 0.15) is 32.7 Å². The first-order chi connectivity index (χ1) is 18.9. The number of anilines is 1. The summed E-state index contributed by atoms with van der Waals surface area (Å²) in [4.78, 5) is 53.9. The van der Waals surface area contributed by atoms with Crippen LogP contribution >= 0.6 is 0 Å². The lowest BCUT2D eigenvalue weighted by molar-refractivity contribution is -0.148. The number of aromatic hydroxyl groups is 1. The highest BCUT2D eigenvalue weighted by atomic mass is 16.3. The molecule has 0 bridgehead atoms. The van der Waals surface area contributed by atoms with Crippen LogP contribution in [0.4, 0.5) is 5.69 Å². The molecule has 5 rings (SSSR count). The van der Waals surface area contributed by atoms with Crippen molar-refractivity contribution in [3.8, 4) is 5.75 Å². The van der Waals surface area contributed by atoms with E-state index in [1.165, 1.54) is 17.0 Å². The van der Waals surface area contributed by atoms with E-state index >= 15 is 0 Å². The van der Waals surface area contributed by atoms with Crippen molar-refractivity contribution in [1.29, 1.82) is 0 Å². The normalized spacial score (nSPS) is 25.9. The molecule has 0 spiro atoms. The number of ketones is 3. The Morgan fingerprint density at radius 1 is 1.07 bits per heavy atom. The third-order valence-corrected chi connectivity index (χ3v) is 8.13. The molecule has 0 fully saturated rings. The third-order valence-electron chi connectivity index (χ3n) is 8.13. The summed E-state index contributed by atoms with van der Waals surface area (Å²) < 4.78 is 0. The lowest BCUT2D eigenvalue weighted by Crippen LogP contribution is -2.63. The molecule has 208 valence electrons. The molecule has 2 aromatic carbocycles. The third kappa shape index (κ3) is 3.89. The van der Waals surface area contributed by atoms with Crippen LogP contribution in [0.25, 0.3) is 0 Å². The van der Waals surface area contributed by atoms with E-state index in [-0.39, 0.29) is 47.4 Å². The lowest BCUT2D eigenvalue weighted by Gasteiger charge is -2.50. The molecule has 0 radical (unpaired) electrons. The van der Waals surface area contributed by atoms with Gasteiger partial charge < -0.3 is 31.5 Å². The van der Waals surface area contributed by atoms with Crippen molar-refractivity contribution in [3.63, 3.8) is 0 Å². The van der Waals surface area contributed by atoms with Gasteiger partial charge in [-0.25, -0.2) is 0 Å². The number of likely N-dealkylation sites (N-methyl/N-ethyl adjacent to an activating group) is 1. The van der Waals surface area contributed by atoms with E-state index in [2.05, 4.69) is 5.32 Å². The summed E-state index contributed by atoms with van der Waals surface area (Å²) in [6.45, 7) is -0.0812. The predicted molar refractivity (Wildman–Crippen MR) is 143 cm³/mol. The van der Waals surface area contributed by atoms with E-state index < -0.39 is 63.8 Å². The average Bonchev–Trinajstić information content (AvgIpc) is 2.89. The van der Waals surface area contributed by atoms with Gasteiger partial charge in [0.2, 0.25) is 5.78 Å². The molecule has 2 aromatic rings. The van der Waals surface area contributed by atoms with Gasteiger partial charge in [-0.3, -0.25) is 24.1 Å². The van der Waals surface area contributed by atoms with Crippen molar-refractivity contribution < 1.29 is 39.6 Å². The molecule has 0 aliphatic heterocycles. The maximum atomic E-state index is 13.8. The number of benzene rings is 2. The predicted octanol–water partition coefficient (Wildman–Crippen LogP) is 1.42. The molecular weight excluding hydrogens is 518 g/mol. The zero-order valence-corrected chi connectivity index (χ0v) is 21.8. The molecule has 3 aliphatic rings. The smallest absolute Gasteiger partial charge is 0.255 e. The first-order valence-electron chi connectivity index (χ1n) is 12.7. The van der Waals surface area contributed by atoms with Gasteiger partial charge in [0, 0.05) is 22.7 Å². The van der Waals surface area contributed by atoms with Gasteiger partial charge in [0.1, 0.15) is 22.8 Å². The quantitative estimate of drug-likeness (QED) is 0.228. The molecule has 11 heteroatoms. The van der Waals surface area contributed by atoms with Crippen molar-refractivity contribution in [2.75, 3.05) is 26.0 Å². The Hall–Kier alpha value is -4.48. The number of nitrogens with two attached hydrogens (primary N) is 1. The highest BCUT2D eigenvalue weighted by Gasteiger charge is 2.63. The number of allylic oxidation sites excluding steroid dienone is 1. The Morgan fingerprint density at radius 2 is 1.75 bits per heavy atom. The van der Waals surface area contributed by atoms with Gasteiger partial charge in [-0.15, -0.1) is 0 Å². The molecule has 0 saturated heterocycles. The fourth-order valence-electron chi connectivity index (χ4n) is 6.35. The van der Waals surface area contributed by atoms with Crippen LogP contribution in [0.2, 0.25) is 0 Å². The van der Waals surface area contributed by atoms with Gasteiger partial charge in [0.25, 0.3) is 5.91 Å². The minimum atomic E-state index is -2.72. The van der Waals surface area contributed by atoms with Gasteiger partial charge in [0.05, 0.1) is 18.2 Å². The average molecular weight is 548 g/mol. The number of carbonyl (C=O) groups excluding carboxylic acids is 4. The topological polar surface area (TPSA) is 190 Å². The van der Waals surface area contributed by atoms with Gasteiger partial charge in [-0.2, -0.15) is 0 Å². The van der Waals surface area contributed by atoms with E-state index in [0.29, 0.717) is 0 Å². The van der Waals surface area contributed by atoms with Crippen LogP contribution in [0, 0.1) is 11.8 Å². The van der Waals surface area contributed by atoms with Crippen molar-refractivity contribution >= 4 is 28.9 Å². The second-order valence-corrected chi connectivity index (χ2v) is 10.6. The van der Waals surface area contributed by atoms with E-state index in [9.17, 15) is 39.6 Å². The minimum Gasteiger partial charge on any atom is -0.510 e. The second kappa shape index (κ2) is 9.61. The van der Waals surface area contributed by atoms with E-state index in [0.717, 1.165) is 5.69 Å². The fraction of sp³-hybridized carbons (Fsp3) is 0.310. The lowest BCUT2D eigenvalue weighted by atomic mass is 9.58. The standard InChI is InChI=1S/C29H29N3O8/c1-32(2)23-17-11-13-10-16-15(19(34)12-31-14-6-4-3-5-7-14)8-9-18(33)21(16)24(35)20(13)26(37)29(17,40)27(38)22(25(23)36)28(30)39/h3-9,13,17,23,31,33,36-37,40H,10-12H2,1-2H3,(H2,30,39)/t13-,17-,23+,29-/m0/s1. The Balaban J connectivity index is 1.60. The molecular formula is C29H29N3O8. The minimum absolute atomic E-state index is 0.0371. The molecule has 0 unspecified atom stereocenters. The van der Waals surface area contributed by atoms with Crippen molar-refractivity contribution in [3.05, 3.63) is 81.8 Å². The number of nitrogens with one attached hydrogen (secondary N) is 1. The first kappa shape index (κ1) is 27.1. The maximum Gasteiger partial charge on any atom is 0.255 e. The Morgan fingerprint density at radius 3 is 2.38 bits per heavy atom. The summed E-state index contributed by atoms with van der Waals surface area (Å²) in [5, 5.41) is 47.5. The number of para-hydroxylation sites is 1. The van der Waals surface area contributed by atoms with Crippen LogP contribution in [0.5, 0.6) is 5.75 Å². The van der Waals surface area contributed by atoms with Crippen molar-refractivity contribution in [1.82, 2.24) is 4.90 Å². The molecule has 4 atom stereocenters. The van der Waals surface area contributed by atoms with E-state index in [1.807, 2.05) is 18.2 Å². The Labute approximate surface area is 229 Å². The number of hydrogen-bond acceptors (Lipinski definition) is 10. The summed E-state index contributed by atoms with van der Waals surface area (Å²) in [6, 6.07) is 10.6. The van der Waals surface area contributed by atoms with Crippen molar-refractivity contribution in [2.45, 2.75) is 24.5 Å². The zero-order chi connectivity index (χ0) is 29.1. The number of rotatable bonds is 6. The number of aliphatic hydroxyl groups excluding tert-OH is 2. The van der Waals surface area contributed by atoms with Crippen molar-refractivity contribution in [2.24, 2.45) is 17.6 Å². The summed E-state index contributed by atoms with van der Waals surface area (Å²) in [5.74, 6) is -7.68. The zero-order valence-electron chi connectivity index (χ0n) is 21.8. The van der Waals surface area contributed by atoms with Gasteiger partial charge in [0.15, 0.2) is 17.2 Å². The highest BCUT2D eigenvalue weighted by molar-refractivity contribution is 6.25. The summed E-state index contributed by atoms with van der Waals surface area (Å²) in [7, 11) is 3.11. The molecule has 1 amide bonds. The number of fused-ring (bicyclic) bond motifs is 3. The highest BCUT2D eigenvalue weighted by Crippen LogP contribution is 2.52. The van der Waals surface area contributed by atoms with E-state index in [4.69, 9.17) is 5.73 Å². The van der Waals surface area contributed by atoms with E-state index in [1.54, 1.807) is 26.2 Å². The Bertz CT molecular complexity index is 1530. The summed E-state index contributed by atoms with van der Waals surface area (Å²) in [6.07, 6.45) is -0.0212. The number of aliphatic hydroxyl groups is 3. The van der Waals surface area contributed by atoms with Gasteiger partial charge in [-0.1, -0.05) is 18.2 Å². The van der Waals surface area contributed by atoms with Crippen LogP contribution in [-0.4, -0.2) is 80.9 Å². The fourth-order valence-corrected chi connectivity index (χ4v) is 6.35. The molecule has 7 N–H and O–H groups in total. The monoisotopic (exact) mass is 547 g/mol. The maximum absolute atomic E-state index is 13.8. The number of Topliss-reactive ketones (excluding diaryl/α,β-unsaturated/α-hetero) is 3. The number of nitrogens with zero attached hydrogens (tertiary/aromatic N) is 1. The molecule has 3 aliphatic carbocycles. The molecule has 0 saturated carbocycles. The number of phenols is 1. The number of phenolic OH excluding ortho intramolecular Hbond substituents is 1. The second-order valence-electron chi connectivity index (χ2n) is 10.6. The van der Waals surface area contributed by atoms with Gasteiger partial charge in [-0.05, 0) is 62.7 Å². The molecule has 11 nitrogen and oxygen atoms in total. The summed E-state index contributed by atoms with van der Waals surface area (Å²) >= 11 is 0. The molecule has 0 aromatic heterocycles. The van der Waals surface area contributed by atoms with Crippen LogP contribution < -0.4 is 11.1 Å². The number of primary amides is 1.